The van der Waals surface area contributed by atoms with E-state index in [0.717, 1.165) is 24.8 Å². The molecular weight excluding hydrogens is 432 g/mol. The summed E-state index contributed by atoms with van der Waals surface area (Å²) < 4.78 is 5.42. The number of amides is 2. The van der Waals surface area contributed by atoms with Crippen LogP contribution in [0.15, 0.2) is 24.3 Å². The van der Waals surface area contributed by atoms with E-state index in [-0.39, 0.29) is 17.2 Å². The fourth-order valence-electron chi connectivity index (χ4n) is 4.37. The molecule has 1 aromatic heterocycles. The normalized spacial score (nSPS) is 19.1. The third-order valence-electron chi connectivity index (χ3n) is 6.32. The first kappa shape index (κ1) is 22.3. The molecule has 166 valence electrons. The van der Waals surface area contributed by atoms with Crippen LogP contribution in [0, 0.1) is 11.3 Å². The zero-order valence-corrected chi connectivity index (χ0v) is 19.9. The van der Waals surface area contributed by atoms with Crippen molar-refractivity contribution < 1.29 is 14.3 Å². The number of halogens is 1. The summed E-state index contributed by atoms with van der Waals surface area (Å²) in [7, 11) is 0. The molecule has 1 aliphatic carbocycles. The molecule has 2 aromatic rings. The second kappa shape index (κ2) is 8.93. The molecule has 0 spiro atoms. The highest BCUT2D eigenvalue weighted by Crippen LogP contribution is 2.44. The molecule has 0 radical (unpaired) electrons. The number of rotatable bonds is 3. The van der Waals surface area contributed by atoms with Gasteiger partial charge in [-0.3, -0.25) is 9.59 Å². The Balaban J connectivity index is 1.68. The molecule has 1 aliphatic heterocycles. The van der Waals surface area contributed by atoms with Crippen LogP contribution >= 0.6 is 22.9 Å². The van der Waals surface area contributed by atoms with Gasteiger partial charge in [-0.2, -0.15) is 0 Å². The summed E-state index contributed by atoms with van der Waals surface area (Å²) in [6.07, 6.45) is 2.87. The summed E-state index contributed by atoms with van der Waals surface area (Å²) in [5, 5.41) is 4.19. The minimum Gasteiger partial charge on any atom is -0.378 e. The highest BCUT2D eigenvalue weighted by atomic mass is 35.5. The van der Waals surface area contributed by atoms with Gasteiger partial charge in [0.1, 0.15) is 5.00 Å². The molecule has 2 amide bonds. The van der Waals surface area contributed by atoms with E-state index in [2.05, 4.69) is 26.1 Å². The van der Waals surface area contributed by atoms with E-state index in [1.807, 2.05) is 4.90 Å². The SMILES string of the molecule is CC(C)(C)C1CCc2c(sc(NC(=O)c3cccc(Cl)c3)c2C(=O)N2CCOCC2)C1. The molecule has 1 fully saturated rings. The minimum absolute atomic E-state index is 0.00333. The van der Waals surface area contributed by atoms with Crippen LogP contribution in [0.3, 0.4) is 0 Å². The summed E-state index contributed by atoms with van der Waals surface area (Å²) in [5.74, 6) is 0.308. The minimum atomic E-state index is -0.246. The highest BCUT2D eigenvalue weighted by Gasteiger charge is 2.35. The number of carbonyl (C=O) groups excluding carboxylic acids is 2. The van der Waals surface area contributed by atoms with E-state index in [0.29, 0.717) is 53.4 Å². The van der Waals surface area contributed by atoms with Crippen molar-refractivity contribution >= 4 is 39.8 Å². The number of carbonyl (C=O) groups is 2. The Hall–Kier alpha value is -1.89. The smallest absolute Gasteiger partial charge is 0.257 e. The average Bonchev–Trinajstić information content (AvgIpc) is 3.10. The number of nitrogens with one attached hydrogen (secondary N) is 1. The molecule has 5 nitrogen and oxygen atoms in total. The van der Waals surface area contributed by atoms with Crippen molar-refractivity contribution in [1.29, 1.82) is 0 Å². The van der Waals surface area contributed by atoms with Gasteiger partial charge in [0.05, 0.1) is 18.8 Å². The number of morpholine rings is 1. The number of benzene rings is 1. The van der Waals surface area contributed by atoms with Crippen LogP contribution in [0.2, 0.25) is 5.02 Å². The largest absolute Gasteiger partial charge is 0.378 e. The van der Waals surface area contributed by atoms with Crippen molar-refractivity contribution in [3.8, 4) is 0 Å². The van der Waals surface area contributed by atoms with Crippen molar-refractivity contribution in [2.75, 3.05) is 31.6 Å². The van der Waals surface area contributed by atoms with Crippen LogP contribution in [0.25, 0.3) is 0 Å². The first-order chi connectivity index (χ1) is 14.7. The molecule has 1 atom stereocenters. The highest BCUT2D eigenvalue weighted by molar-refractivity contribution is 7.17. The zero-order chi connectivity index (χ0) is 22.2. The molecule has 31 heavy (non-hydrogen) atoms. The number of hydrogen-bond acceptors (Lipinski definition) is 4. The fourth-order valence-corrected chi connectivity index (χ4v) is 5.87. The molecule has 4 rings (SSSR count). The van der Waals surface area contributed by atoms with Gasteiger partial charge in [0.25, 0.3) is 11.8 Å². The zero-order valence-electron chi connectivity index (χ0n) is 18.3. The van der Waals surface area contributed by atoms with Crippen molar-refractivity contribution in [3.05, 3.63) is 50.9 Å². The van der Waals surface area contributed by atoms with E-state index in [9.17, 15) is 9.59 Å². The fraction of sp³-hybridized carbons (Fsp3) is 0.500. The maximum Gasteiger partial charge on any atom is 0.257 e. The van der Waals surface area contributed by atoms with Crippen molar-refractivity contribution in [3.63, 3.8) is 0 Å². The summed E-state index contributed by atoms with van der Waals surface area (Å²) in [6, 6.07) is 6.87. The number of nitrogens with zero attached hydrogens (tertiary/aromatic N) is 1. The van der Waals surface area contributed by atoms with Crippen LogP contribution in [0.4, 0.5) is 5.00 Å². The molecule has 1 N–H and O–H groups in total. The van der Waals surface area contributed by atoms with Crippen molar-refractivity contribution in [2.45, 2.75) is 40.0 Å². The van der Waals surface area contributed by atoms with Gasteiger partial charge in [-0.15, -0.1) is 11.3 Å². The number of hydrogen-bond donors (Lipinski definition) is 1. The number of thiophene rings is 1. The predicted molar refractivity (Wildman–Crippen MR) is 125 cm³/mol. The molecule has 1 saturated heterocycles. The van der Waals surface area contributed by atoms with Crippen LogP contribution in [-0.4, -0.2) is 43.0 Å². The van der Waals surface area contributed by atoms with Crippen LogP contribution in [0.5, 0.6) is 0 Å². The lowest BCUT2D eigenvalue weighted by atomic mass is 9.72. The summed E-state index contributed by atoms with van der Waals surface area (Å²) in [4.78, 5) is 29.5. The van der Waals surface area contributed by atoms with Gasteiger partial charge < -0.3 is 15.0 Å². The van der Waals surface area contributed by atoms with Crippen molar-refractivity contribution in [2.24, 2.45) is 11.3 Å². The Bertz CT molecular complexity index is 989. The molecule has 2 aliphatic rings. The lowest BCUT2D eigenvalue weighted by Crippen LogP contribution is -2.41. The van der Waals surface area contributed by atoms with E-state index >= 15 is 0 Å². The van der Waals surface area contributed by atoms with Gasteiger partial charge in [0, 0.05) is 28.6 Å². The average molecular weight is 461 g/mol. The third kappa shape index (κ3) is 4.81. The van der Waals surface area contributed by atoms with Crippen LogP contribution < -0.4 is 5.32 Å². The summed E-state index contributed by atoms with van der Waals surface area (Å²) in [6.45, 7) is 9.09. The van der Waals surface area contributed by atoms with Gasteiger partial charge in [-0.05, 0) is 54.4 Å². The van der Waals surface area contributed by atoms with E-state index in [4.69, 9.17) is 16.3 Å². The first-order valence-electron chi connectivity index (χ1n) is 10.8. The van der Waals surface area contributed by atoms with Gasteiger partial charge in [-0.25, -0.2) is 0 Å². The summed E-state index contributed by atoms with van der Waals surface area (Å²) >= 11 is 7.62. The van der Waals surface area contributed by atoms with Gasteiger partial charge >= 0.3 is 0 Å². The van der Waals surface area contributed by atoms with Gasteiger partial charge in [0.15, 0.2) is 0 Å². The molecule has 1 unspecified atom stereocenters. The molecule has 0 bridgehead atoms. The standard InChI is InChI=1S/C24H29ClN2O3S/c1-24(2,3)16-7-8-18-19(14-16)31-22(20(18)23(29)27-9-11-30-12-10-27)26-21(28)15-5-4-6-17(25)13-15/h4-6,13,16H,7-12,14H2,1-3H3,(H,26,28). The number of anilines is 1. The topological polar surface area (TPSA) is 58.6 Å². The Morgan fingerprint density at radius 1 is 1.23 bits per heavy atom. The van der Waals surface area contributed by atoms with Gasteiger partial charge in [-0.1, -0.05) is 38.4 Å². The Kier molecular flexibility index (Phi) is 6.42. The molecule has 0 saturated carbocycles. The Morgan fingerprint density at radius 2 is 1.97 bits per heavy atom. The maximum absolute atomic E-state index is 13.5. The molecule has 1 aromatic carbocycles. The maximum atomic E-state index is 13.5. The second-order valence-electron chi connectivity index (χ2n) is 9.38. The Labute approximate surface area is 192 Å². The Morgan fingerprint density at radius 3 is 2.65 bits per heavy atom. The van der Waals surface area contributed by atoms with Crippen LogP contribution in [-0.2, 0) is 17.6 Å². The van der Waals surface area contributed by atoms with Crippen LogP contribution in [0.1, 0.15) is 58.3 Å². The molecule has 7 heteroatoms. The van der Waals surface area contributed by atoms with Crippen molar-refractivity contribution in [1.82, 2.24) is 4.90 Å². The van der Waals surface area contributed by atoms with E-state index in [1.54, 1.807) is 35.6 Å². The molecule has 2 heterocycles. The number of ether oxygens (including phenoxy) is 1. The third-order valence-corrected chi connectivity index (χ3v) is 7.72. The quantitative estimate of drug-likeness (QED) is 0.678. The van der Waals surface area contributed by atoms with Gasteiger partial charge in [0.2, 0.25) is 0 Å². The number of fused-ring (bicyclic) bond motifs is 1. The molecular formula is C24H29ClN2O3S. The predicted octanol–water partition coefficient (Wildman–Crippen LogP) is 5.28. The summed E-state index contributed by atoms with van der Waals surface area (Å²) in [5.41, 5.74) is 2.48. The lowest BCUT2D eigenvalue weighted by molar-refractivity contribution is 0.0303. The second-order valence-corrected chi connectivity index (χ2v) is 10.9. The first-order valence-corrected chi connectivity index (χ1v) is 12.0. The lowest BCUT2D eigenvalue weighted by Gasteiger charge is -2.34. The van der Waals surface area contributed by atoms with E-state index < -0.39 is 0 Å². The van der Waals surface area contributed by atoms with E-state index in [1.165, 1.54) is 4.88 Å². The monoisotopic (exact) mass is 460 g/mol.